The van der Waals surface area contributed by atoms with E-state index in [2.05, 4.69) is 35.9 Å². The van der Waals surface area contributed by atoms with Crippen LogP contribution in [0, 0.1) is 0 Å². The molecule has 4 rings (SSSR count). The maximum Gasteiger partial charge on any atom is 0.272 e. The Morgan fingerprint density at radius 3 is 2.89 bits per heavy atom. The topological polar surface area (TPSA) is 91.3 Å². The van der Waals surface area contributed by atoms with Gasteiger partial charge < -0.3 is 20.9 Å². The molecular formula is C20H28N6O2. The monoisotopic (exact) mass is 384 g/mol. The Morgan fingerprint density at radius 1 is 1.43 bits per heavy atom. The third-order valence-electron chi connectivity index (χ3n) is 6.28. The minimum Gasteiger partial charge on any atom is -0.380 e. The first-order valence-electron chi connectivity index (χ1n) is 9.84. The van der Waals surface area contributed by atoms with Gasteiger partial charge in [0.1, 0.15) is 11.7 Å². The normalized spacial score (nSPS) is 29.7. The van der Waals surface area contributed by atoms with Crippen LogP contribution in [0.2, 0.25) is 0 Å². The van der Waals surface area contributed by atoms with Gasteiger partial charge in [0.2, 0.25) is 5.91 Å². The molecule has 0 bridgehead atoms. The van der Waals surface area contributed by atoms with Crippen LogP contribution in [0.3, 0.4) is 0 Å². The number of hydrogen-bond donors (Lipinski definition) is 3. The number of nitrogens with one attached hydrogen (secondary N) is 3. The molecule has 0 radical (unpaired) electrons. The van der Waals surface area contributed by atoms with E-state index in [0.717, 1.165) is 17.7 Å². The molecule has 0 saturated carbocycles. The third-order valence-corrected chi connectivity index (χ3v) is 6.28. The first-order valence-corrected chi connectivity index (χ1v) is 9.84. The summed E-state index contributed by atoms with van der Waals surface area (Å²) < 4.78 is 1.65. The van der Waals surface area contributed by atoms with Gasteiger partial charge in [-0.2, -0.15) is 5.10 Å². The molecular weight excluding hydrogens is 356 g/mol. The Labute approximate surface area is 165 Å². The summed E-state index contributed by atoms with van der Waals surface area (Å²) in [5, 5.41) is 14.2. The fourth-order valence-electron chi connectivity index (χ4n) is 4.30. The van der Waals surface area contributed by atoms with Crippen LogP contribution in [0.4, 0.5) is 0 Å². The smallest absolute Gasteiger partial charge is 0.272 e. The van der Waals surface area contributed by atoms with Crippen molar-refractivity contribution >= 4 is 11.8 Å². The van der Waals surface area contributed by atoms with Crippen molar-refractivity contribution in [3.63, 3.8) is 0 Å². The quantitative estimate of drug-likeness (QED) is 0.705. The number of fused-ring (bicyclic) bond motifs is 3. The molecule has 0 fully saturated rings. The maximum atomic E-state index is 13.5. The summed E-state index contributed by atoms with van der Waals surface area (Å²) in [5.41, 5.74) is 1.97. The van der Waals surface area contributed by atoms with E-state index in [9.17, 15) is 9.59 Å². The molecule has 0 saturated heterocycles. The number of allylic oxidation sites excluding steroid dienone is 2. The molecule has 2 amide bonds. The van der Waals surface area contributed by atoms with Crippen molar-refractivity contribution in [3.05, 3.63) is 41.4 Å². The van der Waals surface area contributed by atoms with Crippen LogP contribution in [0.1, 0.15) is 48.6 Å². The highest BCUT2D eigenvalue weighted by atomic mass is 16.2. The number of dihydropyridines is 1. The Balaban J connectivity index is 1.76. The summed E-state index contributed by atoms with van der Waals surface area (Å²) in [7, 11) is 1.62. The molecule has 0 aromatic carbocycles. The second-order valence-electron chi connectivity index (χ2n) is 8.11. The zero-order valence-electron chi connectivity index (χ0n) is 16.8. The lowest BCUT2D eigenvalue weighted by Gasteiger charge is -2.44. The lowest BCUT2D eigenvalue weighted by atomic mass is 9.89. The number of likely N-dealkylation sites (N-methyl/N-ethyl adjacent to an activating group) is 1. The fourth-order valence-corrected chi connectivity index (χ4v) is 4.30. The summed E-state index contributed by atoms with van der Waals surface area (Å²) >= 11 is 0. The van der Waals surface area contributed by atoms with E-state index in [1.54, 1.807) is 11.7 Å². The van der Waals surface area contributed by atoms with Gasteiger partial charge in [0.25, 0.3) is 5.91 Å². The second kappa shape index (κ2) is 6.77. The zero-order valence-corrected chi connectivity index (χ0v) is 16.8. The average Bonchev–Trinajstić information content (AvgIpc) is 3.06. The Hall–Kier alpha value is -2.61. The lowest BCUT2D eigenvalue weighted by Crippen LogP contribution is -2.61. The predicted octanol–water partition coefficient (Wildman–Crippen LogP) is 0.481. The average molecular weight is 384 g/mol. The van der Waals surface area contributed by atoms with Gasteiger partial charge in [-0.3, -0.25) is 9.59 Å². The predicted molar refractivity (Wildman–Crippen MR) is 106 cm³/mol. The first kappa shape index (κ1) is 18.7. The summed E-state index contributed by atoms with van der Waals surface area (Å²) in [6.45, 7) is 7.07. The van der Waals surface area contributed by atoms with Crippen molar-refractivity contribution in [1.29, 1.82) is 0 Å². The molecule has 4 atom stereocenters. The van der Waals surface area contributed by atoms with Crippen LogP contribution in [0.15, 0.2) is 24.4 Å². The zero-order chi connectivity index (χ0) is 20.1. The molecule has 1 aromatic rings. The molecule has 3 aliphatic rings. The number of hydrogen-bond acceptors (Lipinski definition) is 5. The number of nitrogens with zero attached hydrogens (tertiary/aromatic N) is 3. The SMILES string of the molecule is CNC(=O)[C@@H]1CN([C@H](C)C2(C)C=CC=CN2)C(=O)c2c3c(nn21)C[C@@H](C)NC3. The first-order chi connectivity index (χ1) is 13.4. The van der Waals surface area contributed by atoms with Crippen LogP contribution < -0.4 is 16.0 Å². The molecule has 4 heterocycles. The number of rotatable bonds is 3. The van der Waals surface area contributed by atoms with Crippen molar-refractivity contribution in [2.45, 2.75) is 57.4 Å². The summed E-state index contributed by atoms with van der Waals surface area (Å²) in [6, 6.07) is -0.383. The van der Waals surface area contributed by atoms with Gasteiger partial charge in [0.05, 0.1) is 23.8 Å². The molecule has 0 aliphatic carbocycles. The van der Waals surface area contributed by atoms with Crippen molar-refractivity contribution in [3.8, 4) is 0 Å². The van der Waals surface area contributed by atoms with Crippen LogP contribution in [0.25, 0.3) is 0 Å². The number of carbonyl (C=O) groups excluding carboxylic acids is 2. The highest BCUT2D eigenvalue weighted by Gasteiger charge is 2.45. The van der Waals surface area contributed by atoms with Gasteiger partial charge in [0, 0.05) is 31.6 Å². The minimum absolute atomic E-state index is 0.0660. The van der Waals surface area contributed by atoms with E-state index >= 15 is 0 Å². The molecule has 8 heteroatoms. The molecule has 3 N–H and O–H groups in total. The molecule has 1 aromatic heterocycles. The van der Waals surface area contributed by atoms with Gasteiger partial charge in [-0.1, -0.05) is 12.2 Å². The van der Waals surface area contributed by atoms with Crippen molar-refractivity contribution in [2.75, 3.05) is 13.6 Å². The molecule has 1 unspecified atom stereocenters. The standard InChI is InChI=1S/C20H28N6O2/c1-12-9-15-14(10-22-12)17-19(28)25(11-16(18(27)21-4)26(17)24-15)13(2)20(3)7-5-6-8-23-20/h5-8,12-13,16,22-23H,9-11H2,1-4H3,(H,21,27)/t12-,13-,16+,20?/m1/s1. The van der Waals surface area contributed by atoms with Crippen LogP contribution in [0.5, 0.6) is 0 Å². The highest BCUT2D eigenvalue weighted by Crippen LogP contribution is 2.32. The Kier molecular flexibility index (Phi) is 4.53. The van der Waals surface area contributed by atoms with E-state index in [4.69, 9.17) is 5.10 Å². The van der Waals surface area contributed by atoms with Crippen molar-refractivity contribution in [2.24, 2.45) is 0 Å². The van der Waals surface area contributed by atoms with Crippen LogP contribution in [-0.2, 0) is 17.8 Å². The number of aromatic nitrogens is 2. The summed E-state index contributed by atoms with van der Waals surface area (Å²) in [4.78, 5) is 28.0. The summed E-state index contributed by atoms with van der Waals surface area (Å²) in [6.07, 6.45) is 8.61. The van der Waals surface area contributed by atoms with E-state index in [-0.39, 0.29) is 17.9 Å². The van der Waals surface area contributed by atoms with E-state index in [0.29, 0.717) is 24.8 Å². The highest BCUT2D eigenvalue weighted by molar-refractivity contribution is 5.97. The number of carbonyl (C=O) groups is 2. The molecule has 150 valence electrons. The Bertz CT molecular complexity index is 872. The molecule has 8 nitrogen and oxygen atoms in total. The van der Waals surface area contributed by atoms with E-state index in [1.807, 2.05) is 30.2 Å². The van der Waals surface area contributed by atoms with Crippen LogP contribution in [-0.4, -0.2) is 57.7 Å². The van der Waals surface area contributed by atoms with Gasteiger partial charge in [-0.05, 0) is 33.0 Å². The maximum absolute atomic E-state index is 13.5. The molecule has 28 heavy (non-hydrogen) atoms. The van der Waals surface area contributed by atoms with E-state index < -0.39 is 11.6 Å². The minimum atomic E-state index is -0.534. The third kappa shape index (κ3) is 2.83. The number of amides is 2. The Morgan fingerprint density at radius 2 is 2.21 bits per heavy atom. The van der Waals surface area contributed by atoms with Crippen molar-refractivity contribution in [1.82, 2.24) is 30.6 Å². The van der Waals surface area contributed by atoms with Gasteiger partial charge >= 0.3 is 0 Å². The molecule has 0 spiro atoms. The van der Waals surface area contributed by atoms with Gasteiger partial charge in [-0.25, -0.2) is 4.68 Å². The van der Waals surface area contributed by atoms with Crippen LogP contribution >= 0.6 is 0 Å². The van der Waals surface area contributed by atoms with Gasteiger partial charge in [-0.15, -0.1) is 0 Å². The van der Waals surface area contributed by atoms with E-state index in [1.165, 1.54) is 0 Å². The van der Waals surface area contributed by atoms with Crippen molar-refractivity contribution < 1.29 is 9.59 Å². The lowest BCUT2D eigenvalue weighted by molar-refractivity contribution is -0.125. The fraction of sp³-hybridized carbons (Fsp3) is 0.550. The second-order valence-corrected chi connectivity index (χ2v) is 8.11. The molecule has 3 aliphatic heterocycles. The van der Waals surface area contributed by atoms with Gasteiger partial charge in [0.15, 0.2) is 0 Å². The largest absolute Gasteiger partial charge is 0.380 e. The summed E-state index contributed by atoms with van der Waals surface area (Å²) in [5.74, 6) is -0.201.